The van der Waals surface area contributed by atoms with Gasteiger partial charge in [-0.2, -0.15) is 0 Å². The van der Waals surface area contributed by atoms with Crippen molar-refractivity contribution in [2.45, 2.75) is 46.3 Å². The molecule has 1 N–H and O–H groups in total. The quantitative estimate of drug-likeness (QED) is 0.771. The van der Waals surface area contributed by atoms with E-state index in [1.807, 2.05) is 10.9 Å². The lowest BCUT2D eigenvalue weighted by Gasteiger charge is -2.15. The van der Waals surface area contributed by atoms with E-state index in [-0.39, 0.29) is 0 Å². The summed E-state index contributed by atoms with van der Waals surface area (Å²) in [5.74, 6) is 1.86. The Morgan fingerprint density at radius 3 is 2.89 bits per heavy atom. The average molecular weight is 265 g/mol. The molecule has 0 aliphatic heterocycles. The maximum atomic E-state index is 4.18. The molecule has 2 unspecified atom stereocenters. The van der Waals surface area contributed by atoms with Crippen LogP contribution in [-0.2, 0) is 13.1 Å². The van der Waals surface area contributed by atoms with Crippen LogP contribution >= 0.6 is 0 Å². The van der Waals surface area contributed by atoms with E-state index in [9.17, 15) is 0 Å². The topological polar surface area (TPSA) is 46.0 Å². The Morgan fingerprint density at radius 1 is 1.53 bits per heavy atom. The van der Waals surface area contributed by atoms with Gasteiger partial charge in [0, 0.05) is 31.9 Å². The van der Waals surface area contributed by atoms with E-state index in [1.165, 1.54) is 13.0 Å². The van der Waals surface area contributed by atoms with Crippen molar-refractivity contribution in [3.63, 3.8) is 0 Å². The molecule has 0 amide bonds. The summed E-state index contributed by atoms with van der Waals surface area (Å²) in [5.41, 5.74) is 1.02. The molecule has 0 bridgehead atoms. The first-order chi connectivity index (χ1) is 9.04. The first kappa shape index (κ1) is 14.5. The Hall–Kier alpha value is -0.940. The molecule has 1 aliphatic rings. The van der Waals surface area contributed by atoms with Gasteiger partial charge in [-0.25, -0.2) is 0 Å². The normalized spacial score (nSPS) is 22.4. The standard InChI is InChI=1S/C14H27N5/c1-11(2)15-8-14-10-19(17-16-14)6-5-18(4)9-13-7-12(13)3/h10-13,15H,5-9H2,1-4H3. The zero-order chi connectivity index (χ0) is 13.8. The average Bonchev–Trinajstić information content (AvgIpc) is 2.88. The van der Waals surface area contributed by atoms with Crippen LogP contribution in [0.5, 0.6) is 0 Å². The Bertz CT molecular complexity index is 387. The molecule has 0 spiro atoms. The molecular formula is C14H27N5. The van der Waals surface area contributed by atoms with Gasteiger partial charge in [-0.3, -0.25) is 4.68 Å². The number of hydrogen-bond acceptors (Lipinski definition) is 4. The Kier molecular flexibility index (Phi) is 4.93. The van der Waals surface area contributed by atoms with Gasteiger partial charge in [0.25, 0.3) is 0 Å². The number of nitrogens with one attached hydrogen (secondary N) is 1. The fraction of sp³-hybridized carbons (Fsp3) is 0.857. The molecule has 1 aromatic heterocycles. The van der Waals surface area contributed by atoms with Crippen LogP contribution < -0.4 is 5.32 Å². The Morgan fingerprint density at radius 2 is 2.26 bits per heavy atom. The highest BCUT2D eigenvalue weighted by atomic mass is 15.4. The molecular weight excluding hydrogens is 238 g/mol. The van der Waals surface area contributed by atoms with E-state index in [2.05, 4.69) is 48.3 Å². The lowest BCUT2D eigenvalue weighted by molar-refractivity contribution is 0.295. The second-order valence-corrected chi connectivity index (χ2v) is 6.24. The van der Waals surface area contributed by atoms with Crippen LogP contribution in [0.25, 0.3) is 0 Å². The SMILES string of the molecule is CC(C)NCc1cn(CCN(C)CC2CC2C)nn1. The van der Waals surface area contributed by atoms with E-state index in [1.54, 1.807) is 0 Å². The highest BCUT2D eigenvalue weighted by Crippen LogP contribution is 2.37. The molecule has 1 aromatic rings. The molecule has 5 heteroatoms. The number of aromatic nitrogens is 3. The summed E-state index contributed by atoms with van der Waals surface area (Å²) in [7, 11) is 2.20. The van der Waals surface area contributed by atoms with Crippen molar-refractivity contribution in [2.75, 3.05) is 20.1 Å². The number of hydrogen-bond donors (Lipinski definition) is 1. The lowest BCUT2D eigenvalue weighted by Crippen LogP contribution is -2.26. The van der Waals surface area contributed by atoms with E-state index in [0.717, 1.165) is 37.2 Å². The predicted molar refractivity (Wildman–Crippen MR) is 76.8 cm³/mol. The van der Waals surface area contributed by atoms with Crippen molar-refractivity contribution in [1.29, 1.82) is 0 Å². The third kappa shape index (κ3) is 4.91. The number of likely N-dealkylation sites (N-methyl/N-ethyl adjacent to an activating group) is 1. The van der Waals surface area contributed by atoms with Crippen LogP contribution in [0.4, 0.5) is 0 Å². The van der Waals surface area contributed by atoms with Crippen LogP contribution in [-0.4, -0.2) is 46.1 Å². The first-order valence-corrected chi connectivity index (χ1v) is 7.35. The molecule has 1 fully saturated rings. The van der Waals surface area contributed by atoms with Gasteiger partial charge in [0.2, 0.25) is 0 Å². The van der Waals surface area contributed by atoms with Gasteiger partial charge in [0.15, 0.2) is 0 Å². The zero-order valence-corrected chi connectivity index (χ0v) is 12.6. The van der Waals surface area contributed by atoms with E-state index < -0.39 is 0 Å². The minimum atomic E-state index is 0.483. The molecule has 1 aliphatic carbocycles. The molecule has 0 aromatic carbocycles. The molecule has 5 nitrogen and oxygen atoms in total. The van der Waals surface area contributed by atoms with Crippen molar-refractivity contribution in [3.05, 3.63) is 11.9 Å². The number of rotatable bonds is 8. The molecule has 108 valence electrons. The van der Waals surface area contributed by atoms with Gasteiger partial charge in [-0.15, -0.1) is 5.10 Å². The second-order valence-electron chi connectivity index (χ2n) is 6.24. The van der Waals surface area contributed by atoms with E-state index in [0.29, 0.717) is 6.04 Å². The molecule has 2 atom stereocenters. The lowest BCUT2D eigenvalue weighted by atomic mass is 10.3. The third-order valence-electron chi connectivity index (χ3n) is 3.81. The van der Waals surface area contributed by atoms with Crippen molar-refractivity contribution in [1.82, 2.24) is 25.2 Å². The summed E-state index contributed by atoms with van der Waals surface area (Å²) in [6.45, 7) is 10.6. The zero-order valence-electron chi connectivity index (χ0n) is 12.6. The monoisotopic (exact) mass is 265 g/mol. The summed E-state index contributed by atoms with van der Waals surface area (Å²) in [5, 5.41) is 11.7. The van der Waals surface area contributed by atoms with Crippen molar-refractivity contribution >= 4 is 0 Å². The van der Waals surface area contributed by atoms with Crippen molar-refractivity contribution in [3.8, 4) is 0 Å². The minimum Gasteiger partial charge on any atom is -0.309 e. The predicted octanol–water partition coefficient (Wildman–Crippen LogP) is 1.36. The second kappa shape index (κ2) is 6.48. The molecule has 2 rings (SSSR count). The molecule has 0 radical (unpaired) electrons. The Labute approximate surface area is 116 Å². The Balaban J connectivity index is 1.67. The summed E-state index contributed by atoms with van der Waals surface area (Å²) in [6, 6.07) is 0.483. The maximum Gasteiger partial charge on any atom is 0.0964 e. The molecule has 0 saturated heterocycles. The largest absolute Gasteiger partial charge is 0.309 e. The summed E-state index contributed by atoms with van der Waals surface area (Å²) in [4.78, 5) is 2.40. The minimum absolute atomic E-state index is 0.483. The van der Waals surface area contributed by atoms with Crippen molar-refractivity contribution in [2.24, 2.45) is 11.8 Å². The van der Waals surface area contributed by atoms with Gasteiger partial charge >= 0.3 is 0 Å². The maximum absolute atomic E-state index is 4.18. The first-order valence-electron chi connectivity index (χ1n) is 7.35. The smallest absolute Gasteiger partial charge is 0.0964 e. The summed E-state index contributed by atoms with van der Waals surface area (Å²) in [6.07, 6.45) is 3.45. The third-order valence-corrected chi connectivity index (χ3v) is 3.81. The highest BCUT2D eigenvalue weighted by molar-refractivity contribution is 4.92. The van der Waals surface area contributed by atoms with Crippen LogP contribution in [0.3, 0.4) is 0 Å². The van der Waals surface area contributed by atoms with Gasteiger partial charge in [0.1, 0.15) is 0 Å². The van der Waals surface area contributed by atoms with Gasteiger partial charge < -0.3 is 10.2 Å². The van der Waals surface area contributed by atoms with Crippen LogP contribution in [0.2, 0.25) is 0 Å². The highest BCUT2D eigenvalue weighted by Gasteiger charge is 2.32. The van der Waals surface area contributed by atoms with Crippen LogP contribution in [0.15, 0.2) is 6.20 Å². The summed E-state index contributed by atoms with van der Waals surface area (Å²) >= 11 is 0. The van der Waals surface area contributed by atoms with E-state index >= 15 is 0 Å². The van der Waals surface area contributed by atoms with Crippen LogP contribution in [0, 0.1) is 11.8 Å². The van der Waals surface area contributed by atoms with Gasteiger partial charge in [0.05, 0.1) is 12.2 Å². The summed E-state index contributed by atoms with van der Waals surface area (Å²) < 4.78 is 1.95. The van der Waals surface area contributed by atoms with E-state index in [4.69, 9.17) is 0 Å². The fourth-order valence-corrected chi connectivity index (χ4v) is 2.26. The fourth-order valence-electron chi connectivity index (χ4n) is 2.26. The van der Waals surface area contributed by atoms with Gasteiger partial charge in [-0.1, -0.05) is 26.0 Å². The van der Waals surface area contributed by atoms with Gasteiger partial charge in [-0.05, 0) is 25.3 Å². The number of nitrogens with zero attached hydrogens (tertiary/aromatic N) is 4. The van der Waals surface area contributed by atoms with Crippen molar-refractivity contribution < 1.29 is 0 Å². The van der Waals surface area contributed by atoms with Crippen LogP contribution in [0.1, 0.15) is 32.9 Å². The molecule has 1 heterocycles. The molecule has 1 saturated carbocycles. The molecule has 19 heavy (non-hydrogen) atoms.